The van der Waals surface area contributed by atoms with Crippen molar-refractivity contribution in [1.82, 2.24) is 4.90 Å². The lowest BCUT2D eigenvalue weighted by molar-refractivity contribution is -0.132. The molecule has 1 saturated heterocycles. The van der Waals surface area contributed by atoms with Crippen molar-refractivity contribution in [3.8, 4) is 0 Å². The van der Waals surface area contributed by atoms with Crippen LogP contribution in [0.3, 0.4) is 0 Å². The van der Waals surface area contributed by atoms with Gasteiger partial charge in [0.2, 0.25) is 5.91 Å². The summed E-state index contributed by atoms with van der Waals surface area (Å²) in [5, 5.41) is 4.07. The van der Waals surface area contributed by atoms with Crippen LogP contribution in [-0.2, 0) is 22.5 Å². The van der Waals surface area contributed by atoms with Gasteiger partial charge in [0.05, 0.1) is 12.5 Å². The minimum atomic E-state index is 0.172. The van der Waals surface area contributed by atoms with Crippen molar-refractivity contribution in [2.45, 2.75) is 31.9 Å². The molecule has 0 unspecified atom stereocenters. The van der Waals surface area contributed by atoms with Gasteiger partial charge in [0.25, 0.3) is 0 Å². The van der Waals surface area contributed by atoms with Crippen LogP contribution in [0.25, 0.3) is 0 Å². The van der Waals surface area contributed by atoms with Gasteiger partial charge < -0.3 is 14.5 Å². The molecule has 1 aromatic carbocycles. The number of hydrogen-bond donors (Lipinski definition) is 0. The molecule has 1 aliphatic heterocycles. The molecule has 0 saturated carbocycles. The number of benzene rings is 1. The van der Waals surface area contributed by atoms with Crippen LogP contribution in [-0.4, -0.2) is 44.2 Å². The summed E-state index contributed by atoms with van der Waals surface area (Å²) in [7, 11) is 4.06. The third-order valence-electron chi connectivity index (χ3n) is 4.56. The molecule has 1 atom stereocenters. The highest BCUT2D eigenvalue weighted by molar-refractivity contribution is 7.08. The summed E-state index contributed by atoms with van der Waals surface area (Å²) in [6.07, 6.45) is 2.77. The average Bonchev–Trinajstić information content (AvgIpc) is 3.28. The Bertz CT molecular complexity index is 662. The molecule has 0 radical (unpaired) electrons. The highest BCUT2D eigenvalue weighted by Gasteiger charge is 2.23. The first-order chi connectivity index (χ1) is 12.1. The maximum absolute atomic E-state index is 12.8. The summed E-state index contributed by atoms with van der Waals surface area (Å²) in [6, 6.07) is 10.4. The lowest BCUT2D eigenvalue weighted by atomic mass is 10.1. The lowest BCUT2D eigenvalue weighted by Crippen LogP contribution is -2.37. The molecular formula is C20H26N2O2S. The summed E-state index contributed by atoms with van der Waals surface area (Å²) < 4.78 is 5.76. The monoisotopic (exact) mass is 358 g/mol. The van der Waals surface area contributed by atoms with Crippen LogP contribution < -0.4 is 4.90 Å². The van der Waals surface area contributed by atoms with E-state index in [-0.39, 0.29) is 12.0 Å². The van der Waals surface area contributed by atoms with E-state index in [1.807, 2.05) is 35.8 Å². The minimum Gasteiger partial charge on any atom is -0.378 e. The fourth-order valence-corrected chi connectivity index (χ4v) is 3.76. The molecule has 25 heavy (non-hydrogen) atoms. The number of thiophene rings is 1. The second kappa shape index (κ2) is 8.50. The predicted molar refractivity (Wildman–Crippen MR) is 103 cm³/mol. The number of amides is 1. The molecule has 3 rings (SSSR count). The van der Waals surface area contributed by atoms with Crippen molar-refractivity contribution < 1.29 is 9.53 Å². The molecule has 0 aliphatic carbocycles. The number of rotatable bonds is 7. The maximum atomic E-state index is 12.8. The van der Waals surface area contributed by atoms with Gasteiger partial charge in [-0.1, -0.05) is 12.1 Å². The Balaban J connectivity index is 1.69. The Kier molecular flexibility index (Phi) is 6.10. The standard InChI is InChI=1S/C20H26N2O2S/c1-21(2)18-7-5-16(6-8-18)13-22(14-19-4-3-10-24-19)20(23)12-17-9-11-25-15-17/h5-9,11,15,19H,3-4,10,12-14H2,1-2H3/t19-/m1/s1. The van der Waals surface area contributed by atoms with Gasteiger partial charge in [0.1, 0.15) is 0 Å². The largest absolute Gasteiger partial charge is 0.378 e. The van der Waals surface area contributed by atoms with Crippen molar-refractivity contribution in [2.24, 2.45) is 0 Å². The first-order valence-corrected chi connectivity index (χ1v) is 9.73. The molecule has 5 heteroatoms. The van der Waals surface area contributed by atoms with E-state index in [2.05, 4.69) is 29.2 Å². The van der Waals surface area contributed by atoms with Crippen LogP contribution in [0.1, 0.15) is 24.0 Å². The Morgan fingerprint density at radius 3 is 2.60 bits per heavy atom. The molecular weight excluding hydrogens is 332 g/mol. The summed E-state index contributed by atoms with van der Waals surface area (Å²) in [5.74, 6) is 0.172. The summed E-state index contributed by atoms with van der Waals surface area (Å²) in [5.41, 5.74) is 3.41. The van der Waals surface area contributed by atoms with Crippen molar-refractivity contribution in [2.75, 3.05) is 32.1 Å². The van der Waals surface area contributed by atoms with E-state index in [0.717, 1.165) is 30.6 Å². The fourth-order valence-electron chi connectivity index (χ4n) is 3.09. The number of carbonyl (C=O) groups excluding carboxylic acids is 1. The quantitative estimate of drug-likeness (QED) is 0.759. The topological polar surface area (TPSA) is 32.8 Å². The van der Waals surface area contributed by atoms with E-state index in [1.54, 1.807) is 11.3 Å². The molecule has 1 amide bonds. The van der Waals surface area contributed by atoms with E-state index < -0.39 is 0 Å². The summed E-state index contributed by atoms with van der Waals surface area (Å²) >= 11 is 1.63. The van der Waals surface area contributed by atoms with Gasteiger partial charge in [0, 0.05) is 39.5 Å². The van der Waals surface area contributed by atoms with Crippen molar-refractivity contribution in [1.29, 1.82) is 0 Å². The van der Waals surface area contributed by atoms with E-state index in [0.29, 0.717) is 19.5 Å². The molecule has 4 nitrogen and oxygen atoms in total. The third kappa shape index (κ3) is 5.06. The Morgan fingerprint density at radius 1 is 1.20 bits per heavy atom. The molecule has 2 heterocycles. The highest BCUT2D eigenvalue weighted by Crippen LogP contribution is 2.18. The van der Waals surface area contributed by atoms with Gasteiger partial charge in [-0.2, -0.15) is 11.3 Å². The number of anilines is 1. The first kappa shape index (κ1) is 18.0. The average molecular weight is 359 g/mol. The van der Waals surface area contributed by atoms with E-state index in [1.165, 1.54) is 5.69 Å². The zero-order valence-electron chi connectivity index (χ0n) is 15.0. The van der Waals surface area contributed by atoms with Crippen LogP contribution >= 0.6 is 11.3 Å². The number of nitrogens with zero attached hydrogens (tertiary/aromatic N) is 2. The third-order valence-corrected chi connectivity index (χ3v) is 5.29. The van der Waals surface area contributed by atoms with E-state index in [9.17, 15) is 4.79 Å². The SMILES string of the molecule is CN(C)c1ccc(CN(C[C@H]2CCCO2)C(=O)Cc2ccsc2)cc1. The number of ether oxygens (including phenoxy) is 1. The lowest BCUT2D eigenvalue weighted by Gasteiger charge is -2.26. The predicted octanol–water partition coefficient (Wildman–Crippen LogP) is 3.56. The zero-order valence-corrected chi connectivity index (χ0v) is 15.8. The Hall–Kier alpha value is -1.85. The van der Waals surface area contributed by atoms with Crippen LogP contribution in [0, 0.1) is 0 Å². The minimum absolute atomic E-state index is 0.172. The van der Waals surface area contributed by atoms with E-state index in [4.69, 9.17) is 4.74 Å². The normalized spacial score (nSPS) is 16.8. The Labute approximate surface area is 154 Å². The van der Waals surface area contributed by atoms with Gasteiger partial charge in [-0.15, -0.1) is 0 Å². The highest BCUT2D eigenvalue weighted by atomic mass is 32.1. The van der Waals surface area contributed by atoms with Gasteiger partial charge in [0.15, 0.2) is 0 Å². The number of carbonyl (C=O) groups is 1. The number of hydrogen-bond acceptors (Lipinski definition) is 4. The van der Waals surface area contributed by atoms with Crippen LogP contribution in [0.4, 0.5) is 5.69 Å². The smallest absolute Gasteiger partial charge is 0.227 e. The van der Waals surface area contributed by atoms with Gasteiger partial charge in [-0.25, -0.2) is 0 Å². The van der Waals surface area contributed by atoms with Gasteiger partial charge >= 0.3 is 0 Å². The van der Waals surface area contributed by atoms with Crippen molar-refractivity contribution in [3.63, 3.8) is 0 Å². The summed E-state index contributed by atoms with van der Waals surface area (Å²) in [4.78, 5) is 16.9. The second-order valence-electron chi connectivity index (χ2n) is 6.78. The van der Waals surface area contributed by atoms with Crippen molar-refractivity contribution >= 4 is 22.9 Å². The van der Waals surface area contributed by atoms with E-state index >= 15 is 0 Å². The maximum Gasteiger partial charge on any atom is 0.227 e. The molecule has 1 aliphatic rings. The van der Waals surface area contributed by atoms with Crippen molar-refractivity contribution in [3.05, 3.63) is 52.2 Å². The zero-order chi connectivity index (χ0) is 17.6. The molecule has 0 spiro atoms. The van der Waals surface area contributed by atoms with Gasteiger partial charge in [-0.05, 0) is 52.9 Å². The molecule has 134 valence electrons. The van der Waals surface area contributed by atoms with Gasteiger partial charge in [-0.3, -0.25) is 4.79 Å². The van der Waals surface area contributed by atoms with Crippen LogP contribution in [0.2, 0.25) is 0 Å². The molecule has 0 bridgehead atoms. The Morgan fingerprint density at radius 2 is 2.00 bits per heavy atom. The first-order valence-electron chi connectivity index (χ1n) is 8.78. The molecule has 1 fully saturated rings. The van der Waals surface area contributed by atoms with Crippen LogP contribution in [0.5, 0.6) is 0 Å². The molecule has 1 aromatic heterocycles. The summed E-state index contributed by atoms with van der Waals surface area (Å²) in [6.45, 7) is 2.13. The molecule has 0 N–H and O–H groups in total. The molecule has 2 aromatic rings. The fraction of sp³-hybridized carbons (Fsp3) is 0.450. The van der Waals surface area contributed by atoms with Crippen LogP contribution in [0.15, 0.2) is 41.1 Å². The second-order valence-corrected chi connectivity index (χ2v) is 7.56.